The van der Waals surface area contributed by atoms with E-state index >= 15 is 0 Å². The van der Waals surface area contributed by atoms with Crippen molar-refractivity contribution < 1.29 is 23.5 Å². The maximum atomic E-state index is 14.9. The number of benzene rings is 2. The number of nitrogens with one attached hydrogen (secondary N) is 1. The predicted molar refractivity (Wildman–Crippen MR) is 163 cm³/mol. The van der Waals surface area contributed by atoms with Crippen molar-refractivity contribution in [2.24, 2.45) is 0 Å². The van der Waals surface area contributed by atoms with Gasteiger partial charge in [-0.15, -0.1) is 0 Å². The number of amides is 3. The lowest BCUT2D eigenvalue weighted by Gasteiger charge is -2.41. The number of hydrogen-bond acceptors (Lipinski definition) is 7. The zero-order valence-electron chi connectivity index (χ0n) is 25.6. The predicted octanol–water partition coefficient (Wildman–Crippen LogP) is 2.88. The number of halogens is 1. The van der Waals surface area contributed by atoms with Crippen LogP contribution in [-0.4, -0.2) is 112 Å². The highest BCUT2D eigenvalue weighted by Crippen LogP contribution is 2.21. The van der Waals surface area contributed by atoms with Crippen molar-refractivity contribution in [1.29, 1.82) is 0 Å². The molecule has 3 aromatic rings. The smallest absolute Gasteiger partial charge is 0.410 e. The highest BCUT2D eigenvalue weighted by atomic mass is 19.1. The van der Waals surface area contributed by atoms with Gasteiger partial charge in [0.2, 0.25) is 5.91 Å². The molecule has 3 amide bonds. The summed E-state index contributed by atoms with van der Waals surface area (Å²) < 4.78 is 20.3. The number of rotatable bonds is 5. The van der Waals surface area contributed by atoms with Gasteiger partial charge in [0.25, 0.3) is 11.5 Å². The van der Waals surface area contributed by atoms with Gasteiger partial charge in [0.15, 0.2) is 0 Å². The third kappa shape index (κ3) is 7.07. The van der Waals surface area contributed by atoms with Crippen LogP contribution >= 0.6 is 0 Å². The summed E-state index contributed by atoms with van der Waals surface area (Å²) in [6, 6.07) is 11.5. The van der Waals surface area contributed by atoms with Crippen LogP contribution in [0, 0.1) is 5.82 Å². The van der Waals surface area contributed by atoms with Gasteiger partial charge in [-0.3, -0.25) is 19.3 Å². The molecule has 1 unspecified atom stereocenters. The van der Waals surface area contributed by atoms with Gasteiger partial charge in [0.1, 0.15) is 11.4 Å². The van der Waals surface area contributed by atoms with E-state index in [0.29, 0.717) is 74.3 Å². The van der Waals surface area contributed by atoms with Gasteiger partial charge in [-0.2, -0.15) is 5.10 Å². The summed E-state index contributed by atoms with van der Waals surface area (Å²) in [5.41, 5.74) is 0.426. The van der Waals surface area contributed by atoms with Gasteiger partial charge in [0, 0.05) is 63.7 Å². The molecule has 11 nitrogen and oxygen atoms in total. The lowest BCUT2D eigenvalue weighted by molar-refractivity contribution is -0.135. The molecule has 1 atom stereocenters. The van der Waals surface area contributed by atoms with E-state index in [0.717, 1.165) is 0 Å². The van der Waals surface area contributed by atoms with Crippen molar-refractivity contribution in [1.82, 2.24) is 29.8 Å². The minimum atomic E-state index is -0.615. The van der Waals surface area contributed by atoms with Gasteiger partial charge in [0.05, 0.1) is 23.2 Å². The second kappa shape index (κ2) is 12.7. The van der Waals surface area contributed by atoms with Gasteiger partial charge < -0.3 is 19.4 Å². The van der Waals surface area contributed by atoms with E-state index < -0.39 is 17.3 Å². The van der Waals surface area contributed by atoms with Crippen LogP contribution in [0.15, 0.2) is 47.3 Å². The second-order valence-corrected chi connectivity index (χ2v) is 12.5. The van der Waals surface area contributed by atoms with Crippen molar-refractivity contribution in [3.05, 3.63) is 75.5 Å². The molecule has 0 saturated carbocycles. The molecule has 2 saturated heterocycles. The zero-order valence-corrected chi connectivity index (χ0v) is 25.6. The van der Waals surface area contributed by atoms with Crippen LogP contribution in [0.3, 0.4) is 0 Å². The fourth-order valence-corrected chi connectivity index (χ4v) is 5.67. The van der Waals surface area contributed by atoms with E-state index in [1.165, 1.54) is 12.1 Å². The number of piperazine rings is 2. The number of carbonyl (C=O) groups is 3. The average Bonchev–Trinajstić information content (AvgIpc) is 2.99. The number of ether oxygens (including phenoxy) is 1. The van der Waals surface area contributed by atoms with Crippen LogP contribution in [0.5, 0.6) is 0 Å². The fraction of sp³-hybridized carbons (Fsp3) is 0.469. The number of fused-ring (bicyclic) bond motifs is 1. The third-order valence-corrected chi connectivity index (χ3v) is 8.08. The molecule has 12 heteroatoms. The number of aromatic amines is 1. The third-order valence-electron chi connectivity index (χ3n) is 8.08. The topological polar surface area (TPSA) is 119 Å². The number of carbonyl (C=O) groups excluding carboxylic acids is 3. The zero-order chi connectivity index (χ0) is 31.6. The highest BCUT2D eigenvalue weighted by Gasteiger charge is 2.33. The Hall–Kier alpha value is -4.32. The molecule has 2 aliphatic rings. The van der Waals surface area contributed by atoms with Crippen molar-refractivity contribution in [2.75, 3.05) is 52.4 Å². The quantitative estimate of drug-likeness (QED) is 0.475. The minimum absolute atomic E-state index is 0.0114. The lowest BCUT2D eigenvalue weighted by atomic mass is 10.0. The Balaban J connectivity index is 1.16. The summed E-state index contributed by atoms with van der Waals surface area (Å²) in [6.07, 6.45) is -0.0374. The summed E-state index contributed by atoms with van der Waals surface area (Å²) in [5.74, 6) is -1.08. The summed E-state index contributed by atoms with van der Waals surface area (Å²) in [5, 5.41) is 7.92. The molecule has 0 bridgehead atoms. The molecule has 234 valence electrons. The van der Waals surface area contributed by atoms with E-state index in [9.17, 15) is 23.6 Å². The van der Waals surface area contributed by atoms with Gasteiger partial charge in [-0.25, -0.2) is 14.3 Å². The van der Waals surface area contributed by atoms with Crippen molar-refractivity contribution in [3.8, 4) is 0 Å². The molecule has 2 aliphatic heterocycles. The summed E-state index contributed by atoms with van der Waals surface area (Å²) in [7, 11) is 0. The molecule has 2 fully saturated rings. The molecule has 44 heavy (non-hydrogen) atoms. The molecular weight excluding hydrogens is 567 g/mol. The Morgan fingerprint density at radius 2 is 1.61 bits per heavy atom. The van der Waals surface area contributed by atoms with Crippen molar-refractivity contribution >= 4 is 28.7 Å². The first-order chi connectivity index (χ1) is 20.9. The average molecular weight is 607 g/mol. The van der Waals surface area contributed by atoms with E-state index in [4.69, 9.17) is 4.74 Å². The van der Waals surface area contributed by atoms with Crippen molar-refractivity contribution in [3.63, 3.8) is 0 Å². The summed E-state index contributed by atoms with van der Waals surface area (Å²) in [4.78, 5) is 58.1. The number of nitrogens with zero attached hydrogens (tertiary/aromatic N) is 5. The molecule has 0 radical (unpaired) electrons. The molecular formula is C32H39FN6O5. The molecule has 1 aromatic heterocycles. The Labute approximate surface area is 255 Å². The van der Waals surface area contributed by atoms with Crippen LogP contribution in [-0.2, 0) is 16.0 Å². The summed E-state index contributed by atoms with van der Waals surface area (Å²) in [6.45, 7) is 10.5. The van der Waals surface area contributed by atoms with Gasteiger partial charge in [-0.05, 0) is 51.5 Å². The molecule has 0 aliphatic carbocycles. The van der Waals surface area contributed by atoms with Crippen LogP contribution in [0.25, 0.3) is 10.8 Å². The van der Waals surface area contributed by atoms with Gasteiger partial charge in [-0.1, -0.05) is 24.3 Å². The first kappa shape index (κ1) is 31.1. The standard InChI is InChI=1S/C32H39FN6O5/c1-21-19-39(31(43)44-32(2,3)4)16-15-38(21)20-28(40)36-11-13-37(14-12-36)30(42)25-17-22(9-10-26(25)33)18-27-23-7-5-6-8-24(23)29(41)35-34-27/h5-10,17,21H,11-16,18-20H2,1-4H3,(H,35,41). The van der Waals surface area contributed by atoms with E-state index in [-0.39, 0.29) is 35.7 Å². The maximum absolute atomic E-state index is 14.9. The Morgan fingerprint density at radius 1 is 0.955 bits per heavy atom. The number of hydrogen-bond donors (Lipinski definition) is 1. The van der Waals surface area contributed by atoms with Crippen LogP contribution in [0.2, 0.25) is 0 Å². The number of H-pyrrole nitrogens is 1. The van der Waals surface area contributed by atoms with Crippen LogP contribution in [0.4, 0.5) is 9.18 Å². The highest BCUT2D eigenvalue weighted by molar-refractivity contribution is 5.95. The maximum Gasteiger partial charge on any atom is 0.410 e. The molecule has 5 rings (SSSR count). The van der Waals surface area contributed by atoms with E-state index in [1.807, 2.05) is 39.8 Å². The first-order valence-electron chi connectivity index (χ1n) is 14.9. The Morgan fingerprint density at radius 3 is 2.30 bits per heavy atom. The Bertz CT molecular complexity index is 1610. The second-order valence-electron chi connectivity index (χ2n) is 12.5. The van der Waals surface area contributed by atoms with Gasteiger partial charge >= 0.3 is 6.09 Å². The minimum Gasteiger partial charge on any atom is -0.444 e. The molecule has 3 heterocycles. The largest absolute Gasteiger partial charge is 0.444 e. The lowest BCUT2D eigenvalue weighted by Crippen LogP contribution is -2.58. The van der Waals surface area contributed by atoms with E-state index in [1.54, 1.807) is 32.9 Å². The summed E-state index contributed by atoms with van der Waals surface area (Å²) >= 11 is 0. The first-order valence-corrected chi connectivity index (χ1v) is 14.9. The normalized spacial score (nSPS) is 18.0. The molecule has 0 spiro atoms. The van der Waals surface area contributed by atoms with E-state index in [2.05, 4.69) is 15.1 Å². The molecule has 1 N–H and O–H groups in total. The number of aromatic nitrogens is 2. The Kier molecular flexibility index (Phi) is 9.00. The van der Waals surface area contributed by atoms with Crippen LogP contribution in [0.1, 0.15) is 49.3 Å². The monoisotopic (exact) mass is 606 g/mol. The van der Waals surface area contributed by atoms with Crippen LogP contribution < -0.4 is 5.56 Å². The van der Waals surface area contributed by atoms with Crippen molar-refractivity contribution in [2.45, 2.75) is 45.8 Å². The SMILES string of the molecule is CC1CN(C(=O)OC(C)(C)C)CCN1CC(=O)N1CCN(C(=O)c2cc(Cc3n[nH]c(=O)c4ccccc34)ccc2F)CC1. The fourth-order valence-electron chi connectivity index (χ4n) is 5.67. The molecule has 2 aromatic carbocycles.